The number of ether oxygens (including phenoxy) is 1. The summed E-state index contributed by atoms with van der Waals surface area (Å²) in [4.78, 5) is 60.6. The highest BCUT2D eigenvalue weighted by atomic mass is 35.5. The highest BCUT2D eigenvalue weighted by Gasteiger charge is 2.70. The van der Waals surface area contributed by atoms with Gasteiger partial charge in [-0.25, -0.2) is 0 Å². The predicted molar refractivity (Wildman–Crippen MR) is 210 cm³/mol. The van der Waals surface area contributed by atoms with Crippen molar-refractivity contribution in [3.63, 3.8) is 0 Å². The van der Waals surface area contributed by atoms with Crippen LogP contribution in [0.25, 0.3) is 10.8 Å². The molecule has 0 bridgehead atoms. The summed E-state index contributed by atoms with van der Waals surface area (Å²) < 4.78 is 5.51. The van der Waals surface area contributed by atoms with E-state index in [9.17, 15) is 14.7 Å². The van der Waals surface area contributed by atoms with Crippen LogP contribution in [0.2, 0.25) is 15.1 Å². The van der Waals surface area contributed by atoms with Crippen molar-refractivity contribution in [3.05, 3.63) is 141 Å². The molecule has 3 fully saturated rings. The Morgan fingerprint density at radius 2 is 1.49 bits per heavy atom. The predicted octanol–water partition coefficient (Wildman–Crippen LogP) is 8.70. The number of methoxy groups -OCH3 is 1. The first kappa shape index (κ1) is 35.4. The average molecular weight is 793 g/mol. The second-order valence-corrected chi connectivity index (χ2v) is 15.7. The first-order valence-electron chi connectivity index (χ1n) is 17.8. The van der Waals surface area contributed by atoms with Crippen LogP contribution < -0.4 is 15.1 Å². The molecule has 6 atom stereocenters. The highest BCUT2D eigenvalue weighted by molar-refractivity contribution is 6.36. The van der Waals surface area contributed by atoms with E-state index < -0.39 is 46.8 Å². The Morgan fingerprint density at radius 3 is 2.20 bits per heavy atom. The first-order chi connectivity index (χ1) is 26.5. The number of phenols is 1. The van der Waals surface area contributed by atoms with Crippen LogP contribution >= 0.6 is 34.8 Å². The molecule has 12 heteroatoms. The molecule has 5 aromatic rings. The maximum absolute atomic E-state index is 15.6. The summed E-state index contributed by atoms with van der Waals surface area (Å²) in [5, 5.41) is 14.4. The van der Waals surface area contributed by atoms with Crippen LogP contribution in [-0.2, 0) is 24.6 Å². The number of fused-ring (bicyclic) bond motifs is 5. The van der Waals surface area contributed by atoms with Crippen LogP contribution in [-0.4, -0.2) is 40.9 Å². The van der Waals surface area contributed by atoms with Crippen LogP contribution in [0.1, 0.15) is 29.9 Å². The molecule has 4 aliphatic rings. The van der Waals surface area contributed by atoms with E-state index in [1.165, 1.54) is 11.0 Å². The molecule has 2 aliphatic carbocycles. The number of amides is 4. The molecule has 0 spiro atoms. The van der Waals surface area contributed by atoms with Gasteiger partial charge in [-0.1, -0.05) is 88.9 Å². The Balaban J connectivity index is 1.28. The number of aromatic hydroxyl groups is 1. The number of anilines is 2. The van der Waals surface area contributed by atoms with Crippen molar-refractivity contribution in [2.24, 2.45) is 23.7 Å². The molecule has 1 saturated carbocycles. The SMILES string of the molecule is COc1ccc([C@@]23C(=O)N(Nc4ccc(Cl)cc4Cl)C(=O)[C@@H]2C[C@@H]2C(=CC[C@@H]4C(=O)N(c5ccc(Cl)cc5)C(=O)[C@@H]42)[C@@H]3c2ccc(O)c3ccccc23)cc1. The first-order valence-corrected chi connectivity index (χ1v) is 19.0. The number of nitrogens with one attached hydrogen (secondary N) is 1. The van der Waals surface area contributed by atoms with E-state index >= 15 is 9.59 Å². The fourth-order valence-corrected chi connectivity index (χ4v) is 10.2. The number of halogens is 3. The molecule has 0 unspecified atom stereocenters. The molecule has 0 radical (unpaired) electrons. The lowest BCUT2D eigenvalue weighted by Gasteiger charge is -2.51. The van der Waals surface area contributed by atoms with Crippen molar-refractivity contribution >= 4 is 80.6 Å². The van der Waals surface area contributed by atoms with Crippen LogP contribution in [0.3, 0.4) is 0 Å². The van der Waals surface area contributed by atoms with Gasteiger partial charge in [-0.05, 0) is 95.9 Å². The van der Waals surface area contributed by atoms with Crippen LogP contribution in [0.15, 0.2) is 115 Å². The standard InChI is InChI=1S/C43H32Cl3N3O6/c1-55-26-13-6-22(7-14-26)43-33(40(52)49(42(43)54)47-35-18-10-24(45)20-34(35)46)21-32-30(38(43)29-17-19-36(50)28-5-3-2-4-27(28)29)15-16-31-37(32)41(53)48(39(31)51)25-11-8-23(44)9-12-25/h2-15,17-20,31-33,37-38,47,50H,16,21H2,1H3/t31-,32+,33-,37-,38-,43+/m0/s1. The normalized spacial score (nSPS) is 25.8. The second-order valence-electron chi connectivity index (χ2n) is 14.4. The third-order valence-electron chi connectivity index (χ3n) is 11.9. The molecule has 9 nitrogen and oxygen atoms in total. The number of carbonyl (C=O) groups excluding carboxylic acids is 4. The van der Waals surface area contributed by atoms with E-state index in [2.05, 4.69) is 5.43 Å². The van der Waals surface area contributed by atoms with Crippen molar-refractivity contribution in [2.75, 3.05) is 17.4 Å². The van der Waals surface area contributed by atoms with Gasteiger partial charge in [-0.3, -0.25) is 29.5 Å². The minimum atomic E-state index is -1.55. The van der Waals surface area contributed by atoms with Gasteiger partial charge in [-0.15, -0.1) is 0 Å². The second kappa shape index (κ2) is 13.2. The Hall–Kier alpha value is -5.35. The minimum Gasteiger partial charge on any atom is -0.507 e. The van der Waals surface area contributed by atoms with Crippen LogP contribution in [0, 0.1) is 23.7 Å². The molecule has 55 heavy (non-hydrogen) atoms. The number of hydrogen-bond acceptors (Lipinski definition) is 7. The number of allylic oxidation sites excluding steroid dienone is 2. The van der Waals surface area contributed by atoms with Crippen molar-refractivity contribution in [3.8, 4) is 11.5 Å². The van der Waals surface area contributed by atoms with Gasteiger partial charge in [0.1, 0.15) is 11.5 Å². The van der Waals surface area contributed by atoms with Crippen molar-refractivity contribution in [1.29, 1.82) is 0 Å². The number of hydrogen-bond donors (Lipinski definition) is 2. The average Bonchev–Trinajstić information content (AvgIpc) is 3.57. The monoisotopic (exact) mass is 791 g/mol. The quantitative estimate of drug-likeness (QED) is 0.131. The van der Waals surface area contributed by atoms with E-state index in [1.807, 2.05) is 36.4 Å². The minimum absolute atomic E-state index is 0.0594. The number of carbonyl (C=O) groups is 4. The van der Waals surface area contributed by atoms with Crippen molar-refractivity contribution < 1.29 is 29.0 Å². The lowest BCUT2D eigenvalue weighted by Crippen LogP contribution is -2.53. The zero-order valence-electron chi connectivity index (χ0n) is 29.2. The smallest absolute Gasteiger partial charge is 0.260 e. The van der Waals surface area contributed by atoms with E-state index in [1.54, 1.807) is 73.8 Å². The topological polar surface area (TPSA) is 116 Å². The van der Waals surface area contributed by atoms with Gasteiger partial charge in [0, 0.05) is 21.3 Å². The maximum atomic E-state index is 15.6. The number of rotatable bonds is 6. The number of hydrazine groups is 1. The van der Waals surface area contributed by atoms with E-state index in [0.29, 0.717) is 49.1 Å². The summed E-state index contributed by atoms with van der Waals surface area (Å²) in [5.74, 6) is -4.94. The summed E-state index contributed by atoms with van der Waals surface area (Å²) >= 11 is 18.9. The Labute approximate surface area is 331 Å². The van der Waals surface area contributed by atoms with E-state index in [-0.39, 0.29) is 35.4 Å². The Kier molecular flexibility index (Phi) is 8.45. The molecule has 2 aliphatic heterocycles. The Bertz CT molecular complexity index is 2490. The fraction of sp³-hybridized carbons (Fsp3) is 0.209. The molecule has 2 heterocycles. The lowest BCUT2D eigenvalue weighted by atomic mass is 9.49. The number of nitrogens with zero attached hydrogens (tertiary/aromatic N) is 2. The number of imide groups is 2. The summed E-state index contributed by atoms with van der Waals surface area (Å²) in [6.07, 6.45) is 2.36. The molecule has 2 saturated heterocycles. The van der Waals surface area contributed by atoms with Gasteiger partial charge < -0.3 is 9.84 Å². The zero-order valence-corrected chi connectivity index (χ0v) is 31.5. The van der Waals surface area contributed by atoms with Gasteiger partial charge in [-0.2, -0.15) is 5.01 Å². The summed E-state index contributed by atoms with van der Waals surface area (Å²) in [6, 6.07) is 29.2. The molecule has 2 N–H and O–H groups in total. The molecule has 4 amide bonds. The van der Waals surface area contributed by atoms with E-state index in [4.69, 9.17) is 39.5 Å². The summed E-state index contributed by atoms with van der Waals surface area (Å²) in [5.41, 5.74) is 4.25. The fourth-order valence-electron chi connectivity index (χ4n) is 9.59. The molecule has 276 valence electrons. The lowest BCUT2D eigenvalue weighted by molar-refractivity contribution is -0.138. The van der Waals surface area contributed by atoms with Gasteiger partial charge in [0.05, 0.1) is 46.7 Å². The van der Waals surface area contributed by atoms with Crippen LogP contribution in [0.4, 0.5) is 11.4 Å². The van der Waals surface area contributed by atoms with Gasteiger partial charge in [0.2, 0.25) is 11.8 Å². The zero-order chi connectivity index (χ0) is 38.3. The maximum Gasteiger partial charge on any atom is 0.260 e. The van der Waals surface area contributed by atoms with Crippen LogP contribution in [0.5, 0.6) is 11.5 Å². The van der Waals surface area contributed by atoms with Gasteiger partial charge >= 0.3 is 0 Å². The third kappa shape index (κ3) is 5.20. The number of benzene rings is 5. The Morgan fingerprint density at radius 1 is 0.782 bits per heavy atom. The molecule has 5 aromatic carbocycles. The highest BCUT2D eigenvalue weighted by Crippen LogP contribution is 2.65. The molecule has 0 aromatic heterocycles. The third-order valence-corrected chi connectivity index (χ3v) is 12.7. The molecular formula is C43H32Cl3N3O6. The molecular weight excluding hydrogens is 761 g/mol. The van der Waals surface area contributed by atoms with Crippen molar-refractivity contribution in [1.82, 2.24) is 5.01 Å². The van der Waals surface area contributed by atoms with Gasteiger partial charge in [0.15, 0.2) is 0 Å². The van der Waals surface area contributed by atoms with E-state index in [0.717, 1.165) is 10.6 Å². The number of phenolic OH excluding ortho intramolecular Hbond substituents is 1. The molecule has 9 rings (SSSR count). The van der Waals surface area contributed by atoms with Gasteiger partial charge in [0.25, 0.3) is 11.8 Å². The van der Waals surface area contributed by atoms with Crippen molar-refractivity contribution in [2.45, 2.75) is 24.2 Å². The largest absolute Gasteiger partial charge is 0.507 e. The summed E-state index contributed by atoms with van der Waals surface area (Å²) in [7, 11) is 1.55. The summed E-state index contributed by atoms with van der Waals surface area (Å²) in [6.45, 7) is 0.